The Morgan fingerprint density at radius 2 is 0.440 bits per heavy atom. The number of rotatable bonds is 74. The Kier molecular flexibility index (Phi) is 74.2. The molecule has 0 heterocycles. The molecule has 0 spiro atoms. The summed E-state index contributed by atoms with van der Waals surface area (Å²) in [5, 5.41) is 9.72. The minimum atomic E-state index is -0.769. The van der Waals surface area contributed by atoms with E-state index in [0.29, 0.717) is 12.8 Å². The summed E-state index contributed by atoms with van der Waals surface area (Å²) >= 11 is 0. The Balaban J connectivity index is 3.35. The summed E-state index contributed by atoms with van der Waals surface area (Å²) in [7, 11) is 0. The molecule has 0 aliphatic rings. The zero-order valence-corrected chi connectivity index (χ0v) is 57.5. The molecule has 0 radical (unpaired) electrons. The van der Waals surface area contributed by atoms with Gasteiger partial charge in [-0.3, -0.25) is 9.59 Å². The predicted molar refractivity (Wildman–Crippen MR) is 372 cm³/mol. The molecule has 0 aromatic carbocycles. The van der Waals surface area contributed by atoms with E-state index in [2.05, 4.69) is 38.2 Å². The largest absolute Gasteiger partial charge is 0.462 e. The SMILES string of the molecule is CCCCCCCCCC/C=C\CCCCCCCCCCCCCCCCCCCCCCCCCC(=O)OCC(CO)OC(=O)CCCCCCCCCCCCCCCCCCCCCCCCC/C=C\CCCCCCCCCC. The van der Waals surface area contributed by atoms with Gasteiger partial charge >= 0.3 is 11.9 Å². The first kappa shape index (κ1) is 82.4. The molecule has 5 nitrogen and oxygen atoms in total. The molecule has 0 saturated carbocycles. The minimum absolute atomic E-state index is 0.0573. The second-order valence-electron chi connectivity index (χ2n) is 26.8. The molecule has 498 valence electrons. The van der Waals surface area contributed by atoms with E-state index in [0.717, 1.165) is 32.1 Å². The number of allylic oxidation sites excluding steroid dienone is 4. The highest BCUT2D eigenvalue weighted by atomic mass is 16.6. The van der Waals surface area contributed by atoms with Gasteiger partial charge in [0.2, 0.25) is 0 Å². The van der Waals surface area contributed by atoms with Crippen LogP contribution in [0.4, 0.5) is 0 Å². The van der Waals surface area contributed by atoms with Crippen molar-refractivity contribution in [1.82, 2.24) is 0 Å². The maximum Gasteiger partial charge on any atom is 0.306 e. The average molecular weight is 1180 g/mol. The molecule has 84 heavy (non-hydrogen) atoms. The van der Waals surface area contributed by atoms with Gasteiger partial charge in [0.25, 0.3) is 0 Å². The van der Waals surface area contributed by atoms with Gasteiger partial charge in [0.1, 0.15) is 6.61 Å². The molecule has 1 atom stereocenters. The number of hydrogen-bond donors (Lipinski definition) is 1. The van der Waals surface area contributed by atoms with E-state index >= 15 is 0 Å². The van der Waals surface area contributed by atoms with Gasteiger partial charge in [0.05, 0.1) is 6.61 Å². The predicted octanol–water partition coefficient (Wildman–Crippen LogP) is 27.1. The van der Waals surface area contributed by atoms with Gasteiger partial charge in [-0.25, -0.2) is 0 Å². The Morgan fingerprint density at radius 1 is 0.262 bits per heavy atom. The number of hydrogen-bond acceptors (Lipinski definition) is 5. The smallest absolute Gasteiger partial charge is 0.306 e. The molecule has 0 saturated heterocycles. The third kappa shape index (κ3) is 72.9. The van der Waals surface area contributed by atoms with E-state index in [1.165, 1.54) is 392 Å². The van der Waals surface area contributed by atoms with Crippen molar-refractivity contribution >= 4 is 11.9 Å². The third-order valence-electron chi connectivity index (χ3n) is 18.2. The minimum Gasteiger partial charge on any atom is -0.462 e. The molecular formula is C79H152O5. The Hall–Kier alpha value is -1.62. The fourth-order valence-corrected chi connectivity index (χ4v) is 12.4. The lowest BCUT2D eigenvalue weighted by Gasteiger charge is -2.15. The van der Waals surface area contributed by atoms with Crippen molar-refractivity contribution in [2.24, 2.45) is 0 Å². The van der Waals surface area contributed by atoms with Crippen LogP contribution in [0.25, 0.3) is 0 Å². The van der Waals surface area contributed by atoms with E-state index in [9.17, 15) is 14.7 Å². The van der Waals surface area contributed by atoms with Gasteiger partial charge in [0, 0.05) is 12.8 Å². The van der Waals surface area contributed by atoms with Crippen LogP contribution >= 0.6 is 0 Å². The lowest BCUT2D eigenvalue weighted by atomic mass is 10.0. The van der Waals surface area contributed by atoms with Crippen LogP contribution < -0.4 is 0 Å². The van der Waals surface area contributed by atoms with Gasteiger partial charge in [-0.1, -0.05) is 398 Å². The maximum atomic E-state index is 12.4. The number of carbonyl (C=O) groups is 2. The van der Waals surface area contributed by atoms with Crippen LogP contribution in [0.5, 0.6) is 0 Å². The summed E-state index contributed by atoms with van der Waals surface area (Å²) in [5.74, 6) is -0.560. The molecule has 5 heteroatoms. The van der Waals surface area contributed by atoms with Crippen LogP contribution in [-0.2, 0) is 19.1 Å². The highest BCUT2D eigenvalue weighted by Gasteiger charge is 2.16. The highest BCUT2D eigenvalue weighted by Crippen LogP contribution is 2.20. The molecule has 0 aromatic heterocycles. The van der Waals surface area contributed by atoms with Crippen LogP contribution in [0.1, 0.15) is 450 Å². The standard InChI is InChI=1S/C79H152O5/c1-3-5-7-9-11-13-15-17-19-21-23-25-27-29-31-33-35-37-39-41-43-45-47-49-51-53-55-57-59-61-63-65-67-69-71-73-78(81)83-76-77(75-80)84-79(82)74-72-70-68-66-64-62-60-58-56-54-52-50-48-46-44-42-40-38-36-34-32-30-28-26-24-22-20-18-16-14-12-10-8-6-4-2/h21-24,77,80H,3-20,25-76H2,1-2H3/b23-21-,24-22-. The Morgan fingerprint density at radius 3 is 0.643 bits per heavy atom. The lowest BCUT2D eigenvalue weighted by molar-refractivity contribution is -0.161. The number of aliphatic hydroxyl groups is 1. The van der Waals surface area contributed by atoms with Crippen LogP contribution in [0, 0.1) is 0 Å². The topological polar surface area (TPSA) is 72.8 Å². The van der Waals surface area contributed by atoms with Crippen molar-refractivity contribution in [3.63, 3.8) is 0 Å². The number of esters is 2. The maximum absolute atomic E-state index is 12.4. The van der Waals surface area contributed by atoms with Gasteiger partial charge < -0.3 is 14.6 Å². The summed E-state index contributed by atoms with van der Waals surface area (Å²) in [5.41, 5.74) is 0. The first-order valence-electron chi connectivity index (χ1n) is 38.9. The number of ether oxygens (including phenoxy) is 2. The quantitative estimate of drug-likeness (QED) is 0.0373. The van der Waals surface area contributed by atoms with Crippen molar-refractivity contribution in [2.45, 2.75) is 457 Å². The second-order valence-corrected chi connectivity index (χ2v) is 26.8. The van der Waals surface area contributed by atoms with Crippen LogP contribution in [0.3, 0.4) is 0 Å². The molecule has 0 aromatic rings. The lowest BCUT2D eigenvalue weighted by Crippen LogP contribution is -2.28. The highest BCUT2D eigenvalue weighted by molar-refractivity contribution is 5.70. The molecule has 1 unspecified atom stereocenters. The summed E-state index contributed by atoms with van der Waals surface area (Å²) < 4.78 is 10.8. The van der Waals surface area contributed by atoms with Gasteiger partial charge in [-0.15, -0.1) is 0 Å². The summed E-state index contributed by atoms with van der Waals surface area (Å²) in [4.78, 5) is 24.7. The van der Waals surface area contributed by atoms with E-state index in [-0.39, 0.29) is 25.2 Å². The fraction of sp³-hybridized carbons (Fsp3) is 0.924. The summed E-state index contributed by atoms with van der Waals surface area (Å²) in [6.45, 7) is 4.22. The molecule has 0 aliphatic carbocycles. The van der Waals surface area contributed by atoms with E-state index in [1.54, 1.807) is 0 Å². The monoisotopic (exact) mass is 1180 g/mol. The van der Waals surface area contributed by atoms with E-state index in [1.807, 2.05) is 0 Å². The molecule has 0 aliphatic heterocycles. The average Bonchev–Trinajstić information content (AvgIpc) is 3.50. The van der Waals surface area contributed by atoms with Crippen molar-refractivity contribution in [2.75, 3.05) is 13.2 Å². The molecule has 0 fully saturated rings. The zero-order chi connectivity index (χ0) is 60.5. The Bertz CT molecular complexity index is 1290. The van der Waals surface area contributed by atoms with Crippen molar-refractivity contribution < 1.29 is 24.2 Å². The van der Waals surface area contributed by atoms with E-state index in [4.69, 9.17) is 9.47 Å². The number of carbonyl (C=O) groups excluding carboxylic acids is 2. The zero-order valence-electron chi connectivity index (χ0n) is 57.5. The molecule has 0 rings (SSSR count). The normalized spacial score (nSPS) is 12.2. The van der Waals surface area contributed by atoms with Crippen LogP contribution in [0.15, 0.2) is 24.3 Å². The van der Waals surface area contributed by atoms with Crippen molar-refractivity contribution in [3.05, 3.63) is 24.3 Å². The first-order chi connectivity index (χ1) is 41.6. The Labute approximate surface area is 527 Å². The molecular weight excluding hydrogens is 1030 g/mol. The van der Waals surface area contributed by atoms with Gasteiger partial charge in [-0.05, 0) is 64.2 Å². The van der Waals surface area contributed by atoms with Crippen molar-refractivity contribution in [3.8, 4) is 0 Å². The van der Waals surface area contributed by atoms with Crippen molar-refractivity contribution in [1.29, 1.82) is 0 Å². The van der Waals surface area contributed by atoms with Crippen LogP contribution in [-0.4, -0.2) is 36.4 Å². The van der Waals surface area contributed by atoms with E-state index < -0.39 is 6.10 Å². The van der Waals surface area contributed by atoms with Gasteiger partial charge in [-0.2, -0.15) is 0 Å². The molecule has 0 amide bonds. The fourth-order valence-electron chi connectivity index (χ4n) is 12.4. The molecule has 0 bridgehead atoms. The summed E-state index contributed by atoms with van der Waals surface area (Å²) in [6, 6.07) is 0. The second kappa shape index (κ2) is 75.6. The third-order valence-corrected chi connectivity index (χ3v) is 18.2. The summed E-state index contributed by atoms with van der Waals surface area (Å²) in [6.07, 6.45) is 99.8. The van der Waals surface area contributed by atoms with Crippen LogP contribution in [0.2, 0.25) is 0 Å². The molecule has 1 N–H and O–H groups in total. The number of aliphatic hydroxyl groups excluding tert-OH is 1. The first-order valence-corrected chi connectivity index (χ1v) is 38.9. The number of unbranched alkanes of at least 4 members (excludes halogenated alkanes) is 62. The van der Waals surface area contributed by atoms with Gasteiger partial charge in [0.15, 0.2) is 6.10 Å².